The van der Waals surface area contributed by atoms with Crippen molar-refractivity contribution in [1.29, 1.82) is 0 Å². The highest BCUT2D eigenvalue weighted by molar-refractivity contribution is 7.10. The number of nitrogens with zero attached hydrogens (tertiary/aromatic N) is 1. The second kappa shape index (κ2) is 8.93. The van der Waals surface area contributed by atoms with Crippen molar-refractivity contribution in [2.45, 2.75) is 38.2 Å². The number of ether oxygens (including phenoxy) is 2. The molecule has 27 heavy (non-hydrogen) atoms. The van der Waals surface area contributed by atoms with E-state index in [1.54, 1.807) is 31.6 Å². The van der Waals surface area contributed by atoms with Crippen LogP contribution in [0.3, 0.4) is 0 Å². The number of likely N-dealkylation sites (tertiary alicyclic amines) is 1. The fourth-order valence-electron chi connectivity index (χ4n) is 4.12. The summed E-state index contributed by atoms with van der Waals surface area (Å²) in [6.07, 6.45) is 5.35. The lowest BCUT2D eigenvalue weighted by atomic mass is 9.79. The molecular formula is C21H29NO4S. The Balaban J connectivity index is 1.85. The van der Waals surface area contributed by atoms with Crippen molar-refractivity contribution in [1.82, 2.24) is 4.90 Å². The average molecular weight is 392 g/mol. The maximum atomic E-state index is 13.1. The highest BCUT2D eigenvalue weighted by Crippen LogP contribution is 2.41. The van der Waals surface area contributed by atoms with Gasteiger partial charge in [0.2, 0.25) is 5.91 Å². The van der Waals surface area contributed by atoms with E-state index >= 15 is 0 Å². The summed E-state index contributed by atoms with van der Waals surface area (Å²) in [5.74, 6) is 1.50. The first kappa shape index (κ1) is 20.0. The first-order valence-electron chi connectivity index (χ1n) is 9.54. The molecule has 3 rings (SSSR count). The summed E-state index contributed by atoms with van der Waals surface area (Å²) in [7, 11) is 3.17. The second-order valence-corrected chi connectivity index (χ2v) is 8.43. The van der Waals surface area contributed by atoms with Gasteiger partial charge in [0.15, 0.2) is 0 Å². The molecule has 0 aromatic carbocycles. The molecule has 3 unspecified atom stereocenters. The maximum absolute atomic E-state index is 13.1. The molecular weight excluding hydrogens is 362 g/mol. The number of carbonyl (C=O) groups excluding carboxylic acids is 1. The van der Waals surface area contributed by atoms with Crippen LogP contribution < -0.4 is 0 Å². The smallest absolute Gasteiger partial charge is 0.223 e. The number of aliphatic hydroxyl groups excluding tert-OH is 1. The number of hydrogen-bond acceptors (Lipinski definition) is 5. The lowest BCUT2D eigenvalue weighted by Crippen LogP contribution is -2.41. The SMILES string of the molecule is COC1=C[C@@H](O)C(C(CC(=O)N2CCCC(C)C2)c2cccs2)C(OC)=C1. The fraction of sp³-hybridized carbons (Fsp3) is 0.571. The summed E-state index contributed by atoms with van der Waals surface area (Å²) >= 11 is 1.62. The number of aliphatic hydroxyl groups is 1. The number of amides is 1. The molecule has 1 aromatic heterocycles. The Kier molecular flexibility index (Phi) is 6.60. The number of hydrogen-bond donors (Lipinski definition) is 1. The lowest BCUT2D eigenvalue weighted by molar-refractivity contribution is -0.133. The molecule has 1 amide bonds. The summed E-state index contributed by atoms with van der Waals surface area (Å²) < 4.78 is 10.9. The quantitative estimate of drug-likeness (QED) is 0.806. The number of allylic oxidation sites excluding steroid dienone is 1. The van der Waals surface area contributed by atoms with Crippen LogP contribution in [0.5, 0.6) is 0 Å². The van der Waals surface area contributed by atoms with Gasteiger partial charge in [-0.05, 0) is 36.3 Å². The van der Waals surface area contributed by atoms with E-state index in [4.69, 9.17) is 9.47 Å². The van der Waals surface area contributed by atoms with Gasteiger partial charge in [-0.2, -0.15) is 0 Å². The van der Waals surface area contributed by atoms with Gasteiger partial charge in [0.25, 0.3) is 0 Å². The third kappa shape index (κ3) is 4.55. The molecule has 2 aliphatic rings. The highest BCUT2D eigenvalue weighted by Gasteiger charge is 2.38. The first-order valence-corrected chi connectivity index (χ1v) is 10.4. The van der Waals surface area contributed by atoms with E-state index in [1.165, 1.54) is 6.42 Å². The Morgan fingerprint density at radius 3 is 2.85 bits per heavy atom. The summed E-state index contributed by atoms with van der Waals surface area (Å²) in [4.78, 5) is 16.1. The molecule has 1 fully saturated rings. The van der Waals surface area contributed by atoms with Crippen LogP contribution in [-0.4, -0.2) is 49.3 Å². The average Bonchev–Trinajstić information content (AvgIpc) is 3.20. The molecule has 6 heteroatoms. The first-order chi connectivity index (χ1) is 13.0. The molecule has 1 N–H and O–H groups in total. The van der Waals surface area contributed by atoms with E-state index in [1.807, 2.05) is 28.5 Å². The van der Waals surface area contributed by atoms with Crippen LogP contribution in [0.4, 0.5) is 0 Å². The monoisotopic (exact) mass is 391 g/mol. The zero-order valence-electron chi connectivity index (χ0n) is 16.3. The van der Waals surface area contributed by atoms with Gasteiger partial charge in [-0.1, -0.05) is 13.0 Å². The van der Waals surface area contributed by atoms with Gasteiger partial charge in [0.05, 0.1) is 26.2 Å². The zero-order valence-corrected chi connectivity index (χ0v) is 17.1. The molecule has 4 atom stereocenters. The van der Waals surface area contributed by atoms with E-state index in [0.717, 1.165) is 24.4 Å². The Morgan fingerprint density at radius 2 is 2.22 bits per heavy atom. The van der Waals surface area contributed by atoms with E-state index in [0.29, 0.717) is 23.9 Å². The molecule has 1 aliphatic carbocycles. The highest BCUT2D eigenvalue weighted by atomic mass is 32.1. The molecule has 0 radical (unpaired) electrons. The van der Waals surface area contributed by atoms with Gasteiger partial charge in [0, 0.05) is 36.4 Å². The number of piperidine rings is 1. The van der Waals surface area contributed by atoms with Crippen LogP contribution in [0.1, 0.15) is 37.0 Å². The minimum absolute atomic E-state index is 0.134. The Labute approximate surface area is 165 Å². The summed E-state index contributed by atoms with van der Waals surface area (Å²) in [5, 5.41) is 12.8. The van der Waals surface area contributed by atoms with Crippen molar-refractivity contribution >= 4 is 17.2 Å². The van der Waals surface area contributed by atoms with Crippen LogP contribution in [-0.2, 0) is 14.3 Å². The Bertz CT molecular complexity index is 697. The molecule has 1 saturated heterocycles. The van der Waals surface area contributed by atoms with Crippen molar-refractivity contribution in [2.75, 3.05) is 27.3 Å². The van der Waals surface area contributed by atoms with Gasteiger partial charge in [-0.25, -0.2) is 0 Å². The molecule has 0 saturated carbocycles. The van der Waals surface area contributed by atoms with Crippen molar-refractivity contribution in [3.63, 3.8) is 0 Å². The molecule has 1 aliphatic heterocycles. The number of carbonyl (C=O) groups is 1. The third-order valence-electron chi connectivity index (χ3n) is 5.53. The minimum atomic E-state index is -0.764. The van der Waals surface area contributed by atoms with Crippen molar-refractivity contribution in [2.24, 2.45) is 11.8 Å². The summed E-state index contributed by atoms with van der Waals surface area (Å²) in [6, 6.07) is 4.03. The van der Waals surface area contributed by atoms with Gasteiger partial charge < -0.3 is 19.5 Å². The Morgan fingerprint density at radius 1 is 1.41 bits per heavy atom. The standard InChI is InChI=1S/C21H29NO4S/c1-14-6-4-8-22(13-14)20(24)12-16(19-7-5-9-27-19)21-17(23)10-15(25-2)11-18(21)26-3/h5,7,9-11,14,16-17,21,23H,4,6,8,12-13H2,1-3H3/t14?,16?,17-,21?/m1/s1. The van der Waals surface area contributed by atoms with E-state index in [-0.39, 0.29) is 17.7 Å². The Hall–Kier alpha value is -1.79. The van der Waals surface area contributed by atoms with E-state index in [9.17, 15) is 9.90 Å². The number of thiophene rings is 1. The topological polar surface area (TPSA) is 59.0 Å². The predicted octanol–water partition coefficient (Wildman–Crippen LogP) is 3.53. The fourth-order valence-corrected chi connectivity index (χ4v) is 5.00. The van der Waals surface area contributed by atoms with Crippen LogP contribution in [0.15, 0.2) is 41.2 Å². The summed E-state index contributed by atoms with van der Waals surface area (Å²) in [6.45, 7) is 3.85. The lowest BCUT2D eigenvalue weighted by Gasteiger charge is -2.35. The molecule has 0 spiro atoms. The van der Waals surface area contributed by atoms with Crippen molar-refractivity contribution < 1.29 is 19.4 Å². The zero-order chi connectivity index (χ0) is 19.4. The summed E-state index contributed by atoms with van der Waals surface area (Å²) in [5.41, 5.74) is 0. The number of rotatable bonds is 6. The van der Waals surface area contributed by atoms with E-state index in [2.05, 4.69) is 6.92 Å². The maximum Gasteiger partial charge on any atom is 0.223 e. The van der Waals surface area contributed by atoms with Crippen LogP contribution in [0, 0.1) is 11.8 Å². The molecule has 5 nitrogen and oxygen atoms in total. The van der Waals surface area contributed by atoms with Crippen LogP contribution in [0.2, 0.25) is 0 Å². The van der Waals surface area contributed by atoms with Gasteiger partial charge >= 0.3 is 0 Å². The molecule has 1 aromatic rings. The third-order valence-corrected chi connectivity index (χ3v) is 6.54. The normalized spacial score (nSPS) is 26.8. The van der Waals surface area contributed by atoms with Crippen LogP contribution in [0.25, 0.3) is 0 Å². The van der Waals surface area contributed by atoms with Gasteiger partial charge in [-0.3, -0.25) is 4.79 Å². The van der Waals surface area contributed by atoms with Gasteiger partial charge in [0.1, 0.15) is 11.5 Å². The minimum Gasteiger partial charge on any atom is -0.501 e. The predicted molar refractivity (Wildman–Crippen MR) is 106 cm³/mol. The van der Waals surface area contributed by atoms with Crippen molar-refractivity contribution in [3.05, 3.63) is 46.1 Å². The number of methoxy groups -OCH3 is 2. The molecule has 148 valence electrons. The molecule has 0 bridgehead atoms. The van der Waals surface area contributed by atoms with E-state index < -0.39 is 6.10 Å². The molecule has 2 heterocycles. The van der Waals surface area contributed by atoms with Crippen LogP contribution >= 0.6 is 11.3 Å². The largest absolute Gasteiger partial charge is 0.501 e. The second-order valence-electron chi connectivity index (χ2n) is 7.45. The van der Waals surface area contributed by atoms with Crippen molar-refractivity contribution in [3.8, 4) is 0 Å². The van der Waals surface area contributed by atoms with Gasteiger partial charge in [-0.15, -0.1) is 11.3 Å².